The van der Waals surface area contributed by atoms with E-state index in [9.17, 15) is 14.4 Å². The van der Waals surface area contributed by atoms with Gasteiger partial charge in [-0.1, -0.05) is 60.1 Å². The number of carbonyl (C=O) groups is 3. The van der Waals surface area contributed by atoms with Gasteiger partial charge in [0, 0.05) is 11.1 Å². The fourth-order valence-corrected chi connectivity index (χ4v) is 4.14. The van der Waals surface area contributed by atoms with Crippen molar-refractivity contribution in [3.8, 4) is 11.5 Å². The van der Waals surface area contributed by atoms with Crippen LogP contribution in [0.25, 0.3) is 10.8 Å². The van der Waals surface area contributed by atoms with Crippen molar-refractivity contribution in [3.05, 3.63) is 107 Å². The van der Waals surface area contributed by atoms with E-state index in [2.05, 4.69) is 5.32 Å². The first-order chi connectivity index (χ1) is 17.5. The molecule has 7 nitrogen and oxygen atoms in total. The summed E-state index contributed by atoms with van der Waals surface area (Å²) in [5.74, 6) is -1.02. The number of halogens is 1. The van der Waals surface area contributed by atoms with Crippen LogP contribution in [-0.4, -0.2) is 24.9 Å². The van der Waals surface area contributed by atoms with Crippen molar-refractivity contribution in [2.45, 2.75) is 0 Å². The monoisotopic (exact) mass is 498 g/mol. The van der Waals surface area contributed by atoms with Crippen LogP contribution in [0, 0.1) is 0 Å². The summed E-state index contributed by atoms with van der Waals surface area (Å²) in [6.45, 7) is 0. The average molecular weight is 499 g/mol. The lowest BCUT2D eigenvalue weighted by molar-refractivity contribution is -0.120. The molecular weight excluding hydrogens is 480 g/mol. The minimum atomic E-state index is -0.613. The molecule has 178 valence electrons. The first-order valence-electron chi connectivity index (χ1n) is 11.0. The normalized spacial score (nSPS) is 13.3. The third kappa shape index (κ3) is 4.16. The van der Waals surface area contributed by atoms with E-state index in [1.165, 1.54) is 19.2 Å². The summed E-state index contributed by atoms with van der Waals surface area (Å²) < 4.78 is 10.6. The highest BCUT2D eigenvalue weighted by Gasteiger charge is 2.39. The predicted molar refractivity (Wildman–Crippen MR) is 137 cm³/mol. The van der Waals surface area contributed by atoms with Crippen LogP contribution in [0.1, 0.15) is 10.4 Å². The molecule has 8 heteroatoms. The molecule has 36 heavy (non-hydrogen) atoms. The van der Waals surface area contributed by atoms with Gasteiger partial charge < -0.3 is 14.8 Å². The molecule has 2 amide bonds. The summed E-state index contributed by atoms with van der Waals surface area (Å²) in [5, 5.41) is 4.35. The summed E-state index contributed by atoms with van der Waals surface area (Å²) >= 11 is 6.29. The van der Waals surface area contributed by atoms with E-state index in [-0.39, 0.29) is 16.3 Å². The number of esters is 1. The fraction of sp³-hybridized carbons (Fsp3) is 0.0357. The Morgan fingerprint density at radius 3 is 2.22 bits per heavy atom. The number of nitrogens with one attached hydrogen (secondary N) is 1. The quantitative estimate of drug-likeness (QED) is 0.214. The topological polar surface area (TPSA) is 84.9 Å². The molecule has 4 aromatic carbocycles. The molecule has 0 unspecified atom stereocenters. The number of benzene rings is 4. The molecule has 5 rings (SSSR count). The molecule has 0 aromatic heterocycles. The molecule has 0 radical (unpaired) electrons. The van der Waals surface area contributed by atoms with Crippen LogP contribution in [0.15, 0.2) is 102 Å². The molecule has 0 saturated heterocycles. The number of carbonyl (C=O) groups excluding carboxylic acids is 3. The molecule has 0 saturated carbocycles. The van der Waals surface area contributed by atoms with Crippen LogP contribution in [0.2, 0.25) is 0 Å². The van der Waals surface area contributed by atoms with Gasteiger partial charge in [0.15, 0.2) is 11.5 Å². The van der Waals surface area contributed by atoms with Crippen LogP contribution >= 0.6 is 11.6 Å². The maximum atomic E-state index is 13.2. The lowest BCUT2D eigenvalue weighted by Gasteiger charge is -2.17. The van der Waals surface area contributed by atoms with E-state index in [4.69, 9.17) is 21.1 Å². The summed E-state index contributed by atoms with van der Waals surface area (Å²) in [5.41, 5.74) is 1.17. The summed E-state index contributed by atoms with van der Waals surface area (Å²) in [6, 6.07) is 25.9. The lowest BCUT2D eigenvalue weighted by Crippen LogP contribution is -2.32. The first kappa shape index (κ1) is 23.1. The van der Waals surface area contributed by atoms with E-state index in [0.717, 1.165) is 15.7 Å². The van der Waals surface area contributed by atoms with Gasteiger partial charge in [-0.05, 0) is 47.9 Å². The van der Waals surface area contributed by atoms with Gasteiger partial charge in [-0.3, -0.25) is 9.59 Å². The van der Waals surface area contributed by atoms with Crippen molar-refractivity contribution >= 4 is 51.5 Å². The molecule has 1 aliphatic rings. The van der Waals surface area contributed by atoms with Crippen LogP contribution in [0.5, 0.6) is 11.5 Å². The van der Waals surface area contributed by atoms with E-state index in [0.29, 0.717) is 22.9 Å². The number of nitrogens with zero attached hydrogens (tertiary/aromatic N) is 1. The molecule has 0 bridgehead atoms. The first-order valence-corrected chi connectivity index (χ1v) is 11.3. The summed E-state index contributed by atoms with van der Waals surface area (Å²) in [4.78, 5) is 39.8. The summed E-state index contributed by atoms with van der Waals surface area (Å²) in [7, 11) is 1.49. The number of imide groups is 1. The van der Waals surface area contributed by atoms with Crippen LogP contribution in [-0.2, 0) is 9.59 Å². The molecule has 0 atom stereocenters. The Labute approximate surface area is 211 Å². The summed E-state index contributed by atoms with van der Waals surface area (Å²) in [6.07, 6.45) is 0. The minimum absolute atomic E-state index is 0.0426. The Morgan fingerprint density at radius 1 is 0.806 bits per heavy atom. The number of ether oxygens (including phenoxy) is 2. The number of amides is 2. The molecular formula is C28H19ClN2O5. The Kier molecular flexibility index (Phi) is 6.14. The Bertz CT molecular complexity index is 1540. The average Bonchev–Trinajstić information content (AvgIpc) is 3.12. The zero-order valence-corrected chi connectivity index (χ0v) is 19.8. The Morgan fingerprint density at radius 2 is 1.47 bits per heavy atom. The number of para-hydroxylation sites is 2. The number of hydrogen-bond donors (Lipinski definition) is 1. The minimum Gasteiger partial charge on any atom is -0.493 e. The highest BCUT2D eigenvalue weighted by Crippen LogP contribution is 2.34. The van der Waals surface area contributed by atoms with Crippen molar-refractivity contribution in [1.82, 2.24) is 0 Å². The maximum absolute atomic E-state index is 13.2. The standard InChI is InChI=1S/C28H19ClN2O5/c1-35-22-11-4-5-12-23(22)36-28(34)18-13-15-19(16-14-18)30-25-24(29)26(32)31(27(25)33)21-10-6-8-17-7-2-3-9-20(17)21/h2-16,30H,1H3. The number of rotatable bonds is 6. The maximum Gasteiger partial charge on any atom is 0.343 e. The zero-order valence-electron chi connectivity index (χ0n) is 19.0. The lowest BCUT2D eigenvalue weighted by atomic mass is 10.1. The Hall–Kier alpha value is -4.62. The van der Waals surface area contributed by atoms with Crippen molar-refractivity contribution in [1.29, 1.82) is 0 Å². The molecule has 0 aliphatic carbocycles. The second-order valence-electron chi connectivity index (χ2n) is 7.88. The van der Waals surface area contributed by atoms with Crippen molar-refractivity contribution < 1.29 is 23.9 Å². The molecule has 1 N–H and O–H groups in total. The fourth-order valence-electron chi connectivity index (χ4n) is 3.93. The van der Waals surface area contributed by atoms with Crippen LogP contribution in [0.3, 0.4) is 0 Å². The van der Waals surface area contributed by atoms with Gasteiger partial charge in [0.1, 0.15) is 10.7 Å². The van der Waals surface area contributed by atoms with Gasteiger partial charge in [-0.15, -0.1) is 0 Å². The SMILES string of the molecule is COc1ccccc1OC(=O)c1ccc(NC2=C(Cl)C(=O)N(c3cccc4ccccc34)C2=O)cc1. The second-order valence-corrected chi connectivity index (χ2v) is 8.25. The highest BCUT2D eigenvalue weighted by atomic mass is 35.5. The van der Waals surface area contributed by atoms with Gasteiger partial charge in [-0.25, -0.2) is 9.69 Å². The van der Waals surface area contributed by atoms with Crippen molar-refractivity contribution in [3.63, 3.8) is 0 Å². The number of fused-ring (bicyclic) bond motifs is 1. The van der Waals surface area contributed by atoms with Gasteiger partial charge in [0.05, 0.1) is 18.4 Å². The van der Waals surface area contributed by atoms with Crippen LogP contribution in [0.4, 0.5) is 11.4 Å². The molecule has 4 aromatic rings. The van der Waals surface area contributed by atoms with E-state index < -0.39 is 17.8 Å². The predicted octanol–water partition coefficient (Wildman–Crippen LogP) is 5.50. The third-order valence-corrected chi connectivity index (χ3v) is 6.05. The smallest absolute Gasteiger partial charge is 0.343 e. The van der Waals surface area contributed by atoms with E-state index >= 15 is 0 Å². The Balaban J connectivity index is 1.35. The second kappa shape index (κ2) is 9.56. The van der Waals surface area contributed by atoms with Crippen LogP contribution < -0.4 is 19.7 Å². The van der Waals surface area contributed by atoms with E-state index in [1.807, 2.05) is 30.3 Å². The molecule has 0 spiro atoms. The molecule has 1 aliphatic heterocycles. The number of methoxy groups -OCH3 is 1. The van der Waals surface area contributed by atoms with Gasteiger partial charge in [-0.2, -0.15) is 0 Å². The van der Waals surface area contributed by atoms with Crippen molar-refractivity contribution in [2.75, 3.05) is 17.3 Å². The molecule has 0 fully saturated rings. The van der Waals surface area contributed by atoms with Gasteiger partial charge >= 0.3 is 5.97 Å². The van der Waals surface area contributed by atoms with Gasteiger partial charge in [0.25, 0.3) is 11.8 Å². The van der Waals surface area contributed by atoms with Crippen molar-refractivity contribution in [2.24, 2.45) is 0 Å². The van der Waals surface area contributed by atoms with Gasteiger partial charge in [0.2, 0.25) is 0 Å². The van der Waals surface area contributed by atoms with E-state index in [1.54, 1.807) is 48.5 Å². The zero-order chi connectivity index (χ0) is 25.2. The number of anilines is 2. The molecule has 1 heterocycles. The highest BCUT2D eigenvalue weighted by molar-refractivity contribution is 6.53. The largest absolute Gasteiger partial charge is 0.493 e. The third-order valence-electron chi connectivity index (χ3n) is 5.70. The number of hydrogen-bond acceptors (Lipinski definition) is 6.